The fraction of sp³-hybridized carbons (Fsp3) is 0.615. The van der Waals surface area contributed by atoms with Crippen molar-refractivity contribution in [3.63, 3.8) is 0 Å². The second kappa shape index (κ2) is 7.02. The van der Waals surface area contributed by atoms with Crippen LogP contribution < -0.4 is 5.32 Å². The summed E-state index contributed by atoms with van der Waals surface area (Å²) in [6, 6.07) is 4.68. The molecule has 0 aliphatic rings. The minimum atomic E-state index is 0.531. The Kier molecular flexibility index (Phi) is 5.99. The Balaban J connectivity index is 2.65. The summed E-state index contributed by atoms with van der Waals surface area (Å²) in [6.45, 7) is 4.51. The van der Waals surface area contributed by atoms with Crippen LogP contribution in [-0.2, 0) is 6.42 Å². The summed E-state index contributed by atoms with van der Waals surface area (Å²) in [5.74, 6) is 0.732. The monoisotopic (exact) mass is 284 g/mol. The van der Waals surface area contributed by atoms with Gasteiger partial charge in [-0.1, -0.05) is 26.7 Å². The zero-order valence-electron chi connectivity index (χ0n) is 10.3. The average molecular weight is 285 g/mol. The average Bonchev–Trinajstić information content (AvgIpc) is 2.32. The van der Waals surface area contributed by atoms with Gasteiger partial charge in [0.1, 0.15) is 0 Å². The Morgan fingerprint density at radius 2 is 2.00 bits per heavy atom. The lowest BCUT2D eigenvalue weighted by atomic mass is 9.91. The Morgan fingerprint density at radius 3 is 2.44 bits per heavy atom. The molecule has 0 saturated heterocycles. The molecule has 0 saturated carbocycles. The number of nitrogens with one attached hydrogen (secondary N) is 1. The maximum absolute atomic E-state index is 4.43. The van der Waals surface area contributed by atoms with Crippen molar-refractivity contribution in [2.24, 2.45) is 5.92 Å². The molecular weight excluding hydrogens is 264 g/mol. The Labute approximate surface area is 107 Å². The third-order valence-corrected chi connectivity index (χ3v) is 3.68. The van der Waals surface area contributed by atoms with Gasteiger partial charge in [0.15, 0.2) is 0 Å². The first kappa shape index (κ1) is 13.7. The van der Waals surface area contributed by atoms with E-state index in [0.717, 1.165) is 22.5 Å². The quantitative estimate of drug-likeness (QED) is 0.866. The molecule has 1 aromatic rings. The summed E-state index contributed by atoms with van der Waals surface area (Å²) in [5.41, 5.74) is 1.16. The SMILES string of the molecule is CCC(CC)C(Cc1ccc(Br)cn1)NC. The highest BCUT2D eigenvalue weighted by Gasteiger charge is 2.17. The first-order valence-corrected chi connectivity index (χ1v) is 6.78. The minimum Gasteiger partial charge on any atom is -0.316 e. The van der Waals surface area contributed by atoms with Gasteiger partial charge in [-0.25, -0.2) is 0 Å². The lowest BCUT2D eigenvalue weighted by Gasteiger charge is -2.24. The topological polar surface area (TPSA) is 24.9 Å². The number of hydrogen-bond donors (Lipinski definition) is 1. The normalized spacial score (nSPS) is 13.1. The Morgan fingerprint density at radius 1 is 1.31 bits per heavy atom. The standard InChI is InChI=1S/C13H21BrN2/c1-4-10(5-2)13(15-3)8-12-7-6-11(14)9-16-12/h6-7,9-10,13,15H,4-5,8H2,1-3H3. The van der Waals surface area contributed by atoms with Crippen LogP contribution in [0.25, 0.3) is 0 Å². The van der Waals surface area contributed by atoms with Gasteiger partial charge in [-0.05, 0) is 41.0 Å². The van der Waals surface area contributed by atoms with Gasteiger partial charge >= 0.3 is 0 Å². The van der Waals surface area contributed by atoms with Crippen LogP contribution >= 0.6 is 15.9 Å². The van der Waals surface area contributed by atoms with E-state index >= 15 is 0 Å². The maximum Gasteiger partial charge on any atom is 0.0420 e. The van der Waals surface area contributed by atoms with Gasteiger partial charge in [0.05, 0.1) is 0 Å². The Hall–Kier alpha value is -0.410. The number of rotatable bonds is 6. The second-order valence-electron chi connectivity index (χ2n) is 4.14. The van der Waals surface area contributed by atoms with Crippen LogP contribution in [-0.4, -0.2) is 18.1 Å². The highest BCUT2D eigenvalue weighted by atomic mass is 79.9. The molecule has 1 N–H and O–H groups in total. The molecule has 1 aromatic heterocycles. The van der Waals surface area contributed by atoms with Gasteiger partial charge in [0, 0.05) is 28.8 Å². The molecule has 0 amide bonds. The van der Waals surface area contributed by atoms with Crippen LogP contribution in [0.1, 0.15) is 32.4 Å². The summed E-state index contributed by atoms with van der Waals surface area (Å²) in [4.78, 5) is 4.43. The molecule has 1 atom stereocenters. The van der Waals surface area contributed by atoms with Gasteiger partial charge in [0.2, 0.25) is 0 Å². The lowest BCUT2D eigenvalue weighted by molar-refractivity contribution is 0.347. The zero-order chi connectivity index (χ0) is 12.0. The van der Waals surface area contributed by atoms with E-state index < -0.39 is 0 Å². The molecule has 0 aromatic carbocycles. The molecule has 3 heteroatoms. The summed E-state index contributed by atoms with van der Waals surface area (Å²) in [5, 5.41) is 3.42. The van der Waals surface area contributed by atoms with Crippen molar-refractivity contribution in [1.82, 2.24) is 10.3 Å². The zero-order valence-corrected chi connectivity index (χ0v) is 11.9. The van der Waals surface area contributed by atoms with E-state index in [0.29, 0.717) is 6.04 Å². The van der Waals surface area contributed by atoms with Crippen molar-refractivity contribution in [2.45, 2.75) is 39.2 Å². The molecule has 0 spiro atoms. The first-order valence-electron chi connectivity index (χ1n) is 5.98. The van der Waals surface area contributed by atoms with Gasteiger partial charge < -0.3 is 5.32 Å². The largest absolute Gasteiger partial charge is 0.316 e. The molecule has 0 fully saturated rings. The van der Waals surface area contributed by atoms with E-state index in [4.69, 9.17) is 0 Å². The van der Waals surface area contributed by atoms with Crippen molar-refractivity contribution >= 4 is 15.9 Å². The first-order chi connectivity index (χ1) is 7.71. The van der Waals surface area contributed by atoms with Crippen molar-refractivity contribution < 1.29 is 0 Å². The molecule has 0 bridgehead atoms. The van der Waals surface area contributed by atoms with Crippen LogP contribution in [0, 0.1) is 5.92 Å². The van der Waals surface area contributed by atoms with Crippen LogP contribution in [0.15, 0.2) is 22.8 Å². The molecule has 2 nitrogen and oxygen atoms in total. The highest BCUT2D eigenvalue weighted by Crippen LogP contribution is 2.17. The summed E-state index contributed by atoms with van der Waals surface area (Å²) >= 11 is 3.41. The van der Waals surface area contributed by atoms with E-state index in [1.165, 1.54) is 12.8 Å². The minimum absolute atomic E-state index is 0.531. The summed E-state index contributed by atoms with van der Waals surface area (Å²) < 4.78 is 1.04. The van der Waals surface area contributed by atoms with Gasteiger partial charge in [-0.15, -0.1) is 0 Å². The molecule has 0 radical (unpaired) electrons. The number of halogens is 1. The van der Waals surface area contributed by atoms with Crippen LogP contribution in [0.5, 0.6) is 0 Å². The number of aromatic nitrogens is 1. The third-order valence-electron chi connectivity index (χ3n) is 3.21. The van der Waals surface area contributed by atoms with Crippen molar-refractivity contribution in [3.05, 3.63) is 28.5 Å². The molecule has 90 valence electrons. The van der Waals surface area contributed by atoms with Gasteiger partial charge in [-0.3, -0.25) is 4.98 Å². The lowest BCUT2D eigenvalue weighted by Crippen LogP contribution is -2.35. The van der Waals surface area contributed by atoms with Gasteiger partial charge in [-0.2, -0.15) is 0 Å². The highest BCUT2D eigenvalue weighted by molar-refractivity contribution is 9.10. The number of likely N-dealkylation sites (N-methyl/N-ethyl adjacent to an activating group) is 1. The fourth-order valence-corrected chi connectivity index (χ4v) is 2.35. The predicted octanol–water partition coefficient (Wildman–Crippen LogP) is 3.41. The fourth-order valence-electron chi connectivity index (χ4n) is 2.11. The molecule has 1 unspecified atom stereocenters. The molecule has 1 rings (SSSR count). The van der Waals surface area contributed by atoms with E-state index in [2.05, 4.69) is 52.2 Å². The van der Waals surface area contributed by atoms with Gasteiger partial charge in [0.25, 0.3) is 0 Å². The molecular formula is C13H21BrN2. The number of pyridine rings is 1. The summed E-state index contributed by atoms with van der Waals surface area (Å²) in [7, 11) is 2.04. The smallest absolute Gasteiger partial charge is 0.0420 e. The third kappa shape index (κ3) is 3.87. The molecule has 0 aliphatic heterocycles. The van der Waals surface area contributed by atoms with E-state index in [1.54, 1.807) is 0 Å². The number of hydrogen-bond acceptors (Lipinski definition) is 2. The van der Waals surface area contributed by atoms with E-state index in [1.807, 2.05) is 13.2 Å². The summed E-state index contributed by atoms with van der Waals surface area (Å²) in [6.07, 6.45) is 5.32. The van der Waals surface area contributed by atoms with E-state index in [9.17, 15) is 0 Å². The van der Waals surface area contributed by atoms with Crippen LogP contribution in [0.4, 0.5) is 0 Å². The molecule has 16 heavy (non-hydrogen) atoms. The maximum atomic E-state index is 4.43. The van der Waals surface area contributed by atoms with Crippen LogP contribution in [0.2, 0.25) is 0 Å². The van der Waals surface area contributed by atoms with Crippen molar-refractivity contribution in [2.75, 3.05) is 7.05 Å². The Bertz CT molecular complexity index is 293. The van der Waals surface area contributed by atoms with Crippen molar-refractivity contribution in [3.8, 4) is 0 Å². The van der Waals surface area contributed by atoms with Crippen LogP contribution in [0.3, 0.4) is 0 Å². The second-order valence-corrected chi connectivity index (χ2v) is 5.06. The molecule has 1 heterocycles. The predicted molar refractivity (Wildman–Crippen MR) is 72.6 cm³/mol. The van der Waals surface area contributed by atoms with E-state index in [-0.39, 0.29) is 0 Å². The number of nitrogens with zero attached hydrogens (tertiary/aromatic N) is 1. The molecule has 0 aliphatic carbocycles. The van der Waals surface area contributed by atoms with Crippen molar-refractivity contribution in [1.29, 1.82) is 0 Å².